The van der Waals surface area contributed by atoms with Crippen molar-refractivity contribution >= 4 is 5.82 Å². The highest BCUT2D eigenvalue weighted by molar-refractivity contribution is 5.52. The molecule has 1 aromatic heterocycles. The molecule has 118 valence electrons. The second kappa shape index (κ2) is 7.60. The van der Waals surface area contributed by atoms with Crippen LogP contribution in [0, 0.1) is 13.8 Å². The van der Waals surface area contributed by atoms with Crippen molar-refractivity contribution in [2.75, 3.05) is 18.0 Å². The summed E-state index contributed by atoms with van der Waals surface area (Å²) in [5, 5.41) is 3.59. The van der Waals surface area contributed by atoms with E-state index in [1.165, 1.54) is 11.1 Å². The molecule has 1 heterocycles. The van der Waals surface area contributed by atoms with Gasteiger partial charge in [0, 0.05) is 36.4 Å². The normalized spacial score (nSPS) is 11.5. The van der Waals surface area contributed by atoms with Gasteiger partial charge in [-0.1, -0.05) is 13.0 Å². The average molecular weight is 289 g/mol. The van der Waals surface area contributed by atoms with Crippen molar-refractivity contribution in [3.05, 3.63) is 35.5 Å². The molecule has 0 aliphatic heterocycles. The zero-order valence-corrected chi connectivity index (χ0v) is 14.6. The van der Waals surface area contributed by atoms with Gasteiger partial charge in [-0.15, -0.1) is 6.58 Å². The molecular formula is C18H31N3. The van der Waals surface area contributed by atoms with Crippen molar-refractivity contribution in [1.29, 1.82) is 0 Å². The fourth-order valence-corrected chi connectivity index (χ4v) is 2.39. The van der Waals surface area contributed by atoms with Crippen LogP contribution in [-0.4, -0.2) is 23.6 Å². The number of pyridine rings is 1. The molecule has 1 N–H and O–H groups in total. The van der Waals surface area contributed by atoms with E-state index in [-0.39, 0.29) is 5.54 Å². The van der Waals surface area contributed by atoms with Gasteiger partial charge < -0.3 is 10.2 Å². The van der Waals surface area contributed by atoms with E-state index in [9.17, 15) is 0 Å². The van der Waals surface area contributed by atoms with Gasteiger partial charge in [-0.05, 0) is 52.7 Å². The Morgan fingerprint density at radius 3 is 2.52 bits per heavy atom. The summed E-state index contributed by atoms with van der Waals surface area (Å²) in [6, 6.07) is 2.17. The summed E-state index contributed by atoms with van der Waals surface area (Å²) < 4.78 is 0. The zero-order chi connectivity index (χ0) is 16.0. The highest BCUT2D eigenvalue weighted by Crippen LogP contribution is 2.23. The lowest BCUT2D eigenvalue weighted by molar-refractivity contribution is 0.423. The Kier molecular flexibility index (Phi) is 6.41. The molecule has 0 atom stereocenters. The summed E-state index contributed by atoms with van der Waals surface area (Å²) in [6.45, 7) is 19.6. The van der Waals surface area contributed by atoms with Crippen LogP contribution in [0.4, 0.5) is 5.82 Å². The minimum Gasteiger partial charge on any atom is -0.353 e. The highest BCUT2D eigenvalue weighted by Gasteiger charge is 2.17. The fraction of sp³-hybridized carbons (Fsp3) is 0.611. The number of nitrogens with zero attached hydrogens (tertiary/aromatic N) is 2. The average Bonchev–Trinajstić information content (AvgIpc) is 2.35. The summed E-state index contributed by atoms with van der Waals surface area (Å²) in [5.41, 5.74) is 3.78. The third-order valence-electron chi connectivity index (χ3n) is 3.39. The first-order valence-corrected chi connectivity index (χ1v) is 7.86. The Balaban J connectivity index is 3.17. The van der Waals surface area contributed by atoms with Crippen molar-refractivity contribution in [1.82, 2.24) is 10.3 Å². The Morgan fingerprint density at radius 1 is 1.33 bits per heavy atom. The lowest BCUT2D eigenvalue weighted by Crippen LogP contribution is -2.36. The lowest BCUT2D eigenvalue weighted by Gasteiger charge is -2.28. The topological polar surface area (TPSA) is 28.2 Å². The first-order valence-electron chi connectivity index (χ1n) is 7.86. The van der Waals surface area contributed by atoms with E-state index < -0.39 is 0 Å². The van der Waals surface area contributed by atoms with Crippen LogP contribution in [-0.2, 0) is 6.54 Å². The van der Waals surface area contributed by atoms with Crippen LogP contribution < -0.4 is 10.2 Å². The third kappa shape index (κ3) is 5.50. The number of hydrogen-bond donors (Lipinski definition) is 1. The van der Waals surface area contributed by atoms with Gasteiger partial charge in [0.05, 0.1) is 0 Å². The van der Waals surface area contributed by atoms with Crippen LogP contribution in [0.3, 0.4) is 0 Å². The molecule has 1 rings (SSSR count). The van der Waals surface area contributed by atoms with E-state index in [0.717, 1.165) is 37.6 Å². The van der Waals surface area contributed by atoms with E-state index in [2.05, 4.69) is 64.4 Å². The first kappa shape index (κ1) is 17.7. The van der Waals surface area contributed by atoms with E-state index >= 15 is 0 Å². The minimum atomic E-state index is 0.0998. The van der Waals surface area contributed by atoms with Crippen molar-refractivity contribution in [3.63, 3.8) is 0 Å². The molecular weight excluding hydrogens is 258 g/mol. The molecule has 0 aliphatic rings. The van der Waals surface area contributed by atoms with Gasteiger partial charge in [-0.3, -0.25) is 0 Å². The van der Waals surface area contributed by atoms with E-state index in [4.69, 9.17) is 4.98 Å². The van der Waals surface area contributed by atoms with Gasteiger partial charge in [-0.25, -0.2) is 4.98 Å². The zero-order valence-electron chi connectivity index (χ0n) is 14.6. The second-order valence-corrected chi connectivity index (χ2v) is 6.72. The standard InChI is InChI=1S/C18H31N3/c1-8-10-21(11-9-2)17-16(13-19-18(5,6)7)14(3)12-15(4)20-17/h8,12,19H,1,9-11,13H2,2-7H3. The molecule has 0 amide bonds. The number of anilines is 1. The molecule has 3 heteroatoms. The highest BCUT2D eigenvalue weighted by atomic mass is 15.2. The van der Waals surface area contributed by atoms with Crippen LogP contribution in [0.15, 0.2) is 18.7 Å². The molecule has 0 fully saturated rings. The monoisotopic (exact) mass is 289 g/mol. The summed E-state index contributed by atoms with van der Waals surface area (Å²) in [5.74, 6) is 1.10. The van der Waals surface area contributed by atoms with Crippen molar-refractivity contribution in [3.8, 4) is 0 Å². The molecule has 0 radical (unpaired) electrons. The predicted molar refractivity (Wildman–Crippen MR) is 93.0 cm³/mol. The quantitative estimate of drug-likeness (QED) is 0.769. The van der Waals surface area contributed by atoms with Crippen molar-refractivity contribution in [2.45, 2.75) is 60.0 Å². The summed E-state index contributed by atoms with van der Waals surface area (Å²) >= 11 is 0. The Morgan fingerprint density at radius 2 is 2.00 bits per heavy atom. The first-order chi connectivity index (χ1) is 9.78. The molecule has 21 heavy (non-hydrogen) atoms. The van der Waals surface area contributed by atoms with Gasteiger partial charge in [0.1, 0.15) is 5.82 Å². The number of nitrogens with one attached hydrogen (secondary N) is 1. The number of rotatable bonds is 7. The Hall–Kier alpha value is -1.35. The molecule has 0 aromatic carbocycles. The predicted octanol–water partition coefficient (Wildman–Crippen LogP) is 3.99. The maximum absolute atomic E-state index is 4.81. The van der Waals surface area contributed by atoms with E-state index in [1.54, 1.807) is 0 Å². The Bertz CT molecular complexity index is 472. The largest absolute Gasteiger partial charge is 0.353 e. The summed E-state index contributed by atoms with van der Waals surface area (Å²) in [6.07, 6.45) is 3.06. The van der Waals surface area contributed by atoms with Crippen LogP contribution in [0.25, 0.3) is 0 Å². The molecule has 0 saturated heterocycles. The van der Waals surface area contributed by atoms with Crippen molar-refractivity contribution < 1.29 is 0 Å². The van der Waals surface area contributed by atoms with Crippen LogP contribution in [0.2, 0.25) is 0 Å². The molecule has 3 nitrogen and oxygen atoms in total. The molecule has 0 unspecified atom stereocenters. The molecule has 0 saturated carbocycles. The second-order valence-electron chi connectivity index (χ2n) is 6.72. The maximum Gasteiger partial charge on any atom is 0.133 e. The number of hydrogen-bond acceptors (Lipinski definition) is 3. The maximum atomic E-state index is 4.81. The Labute approximate surface area is 130 Å². The van der Waals surface area contributed by atoms with E-state index in [0.29, 0.717) is 0 Å². The number of aromatic nitrogens is 1. The summed E-state index contributed by atoms with van der Waals surface area (Å²) in [4.78, 5) is 7.14. The third-order valence-corrected chi connectivity index (χ3v) is 3.39. The number of aryl methyl sites for hydroxylation is 2. The van der Waals surface area contributed by atoms with Crippen LogP contribution in [0.1, 0.15) is 50.9 Å². The van der Waals surface area contributed by atoms with Gasteiger partial charge in [0.15, 0.2) is 0 Å². The summed E-state index contributed by atoms with van der Waals surface area (Å²) in [7, 11) is 0. The van der Waals surface area contributed by atoms with Crippen LogP contribution in [0.5, 0.6) is 0 Å². The SMILES string of the molecule is C=CCN(CCC)c1nc(C)cc(C)c1CNC(C)(C)C. The smallest absolute Gasteiger partial charge is 0.133 e. The van der Waals surface area contributed by atoms with Gasteiger partial charge >= 0.3 is 0 Å². The minimum absolute atomic E-state index is 0.0998. The lowest BCUT2D eigenvalue weighted by atomic mass is 10.0. The van der Waals surface area contributed by atoms with Crippen molar-refractivity contribution in [2.24, 2.45) is 0 Å². The van der Waals surface area contributed by atoms with E-state index in [1.807, 2.05) is 6.08 Å². The van der Waals surface area contributed by atoms with Gasteiger partial charge in [0.25, 0.3) is 0 Å². The fourth-order valence-electron chi connectivity index (χ4n) is 2.39. The molecule has 0 spiro atoms. The molecule has 0 aliphatic carbocycles. The van der Waals surface area contributed by atoms with Gasteiger partial charge in [-0.2, -0.15) is 0 Å². The molecule has 1 aromatic rings. The molecule has 0 bridgehead atoms. The van der Waals surface area contributed by atoms with Gasteiger partial charge in [0.2, 0.25) is 0 Å². The van der Waals surface area contributed by atoms with Crippen LogP contribution >= 0.6 is 0 Å².